The van der Waals surface area contributed by atoms with Crippen LogP contribution in [0.3, 0.4) is 0 Å². The van der Waals surface area contributed by atoms with Gasteiger partial charge in [0.15, 0.2) is 0 Å². The van der Waals surface area contributed by atoms with Gasteiger partial charge in [-0.2, -0.15) is 0 Å². The third kappa shape index (κ3) is 5.05. The minimum absolute atomic E-state index is 0.649. The van der Waals surface area contributed by atoms with E-state index in [1.807, 2.05) is 6.08 Å². The van der Waals surface area contributed by atoms with Crippen molar-refractivity contribution in [1.29, 1.82) is 0 Å². The lowest BCUT2D eigenvalue weighted by molar-refractivity contribution is 0.329. The summed E-state index contributed by atoms with van der Waals surface area (Å²) in [7, 11) is 0. The van der Waals surface area contributed by atoms with E-state index < -0.39 is 0 Å². The van der Waals surface area contributed by atoms with Crippen molar-refractivity contribution in [3.63, 3.8) is 0 Å². The lowest BCUT2D eigenvalue weighted by atomic mass is 10.00. The molecule has 0 bridgehead atoms. The number of fused-ring (bicyclic) bond motifs is 6. The predicted octanol–water partition coefficient (Wildman–Crippen LogP) is 13.2. The molecule has 52 heavy (non-hydrogen) atoms. The number of nitrogens with zero attached hydrogens (tertiary/aromatic N) is 2. The smallest absolute Gasteiger partial charge is 0.126 e. The molecule has 0 atom stereocenters. The SMILES string of the molecule is C=C1/C=C\C(n2c3ccccc3c3cc(-c4ccc5c(c4)c4ccccc4n5-c4cccc(-c5ccccc5)c4)ccc32)=C/CC2=C(C=CCC2)O1. The van der Waals surface area contributed by atoms with Crippen molar-refractivity contribution in [2.24, 2.45) is 0 Å². The number of allylic oxidation sites excluding steroid dienone is 7. The Kier molecular flexibility index (Phi) is 7.17. The second-order valence-corrected chi connectivity index (χ2v) is 13.7. The average Bonchev–Trinajstić information content (AvgIpc) is 3.73. The number of benzene rings is 6. The van der Waals surface area contributed by atoms with Crippen molar-refractivity contribution >= 4 is 49.3 Å². The Morgan fingerprint density at radius 1 is 0.500 bits per heavy atom. The summed E-state index contributed by atoms with van der Waals surface area (Å²) in [6.07, 6.45) is 13.6. The van der Waals surface area contributed by atoms with Crippen molar-refractivity contribution in [1.82, 2.24) is 9.13 Å². The van der Waals surface area contributed by atoms with Gasteiger partial charge in [0.2, 0.25) is 0 Å². The Hall–Kier alpha value is -6.58. The number of hydrogen-bond donors (Lipinski definition) is 0. The van der Waals surface area contributed by atoms with Gasteiger partial charge in [-0.3, -0.25) is 0 Å². The van der Waals surface area contributed by atoms with Gasteiger partial charge in [0.05, 0.1) is 22.1 Å². The fraction of sp³-hybridized carbons (Fsp3) is 0.0612. The normalized spacial score (nSPS) is 16.4. The molecular weight excluding hydrogens is 633 g/mol. The molecule has 0 saturated heterocycles. The average molecular weight is 669 g/mol. The molecule has 10 rings (SSSR count). The summed E-state index contributed by atoms with van der Waals surface area (Å²) in [6.45, 7) is 4.19. The van der Waals surface area contributed by atoms with Crippen LogP contribution in [-0.4, -0.2) is 9.13 Å². The van der Waals surface area contributed by atoms with E-state index in [0.29, 0.717) is 5.76 Å². The van der Waals surface area contributed by atoms with E-state index in [4.69, 9.17) is 4.74 Å². The molecule has 8 aromatic rings. The lowest BCUT2D eigenvalue weighted by Crippen LogP contribution is -1.98. The standard InChI is InChI=1S/C49H36N2O/c1-33-22-26-39(27-23-35-14-5-10-21-49(35)52-33)50-45-19-8-6-17-41(45)43-31-37(24-28-47(43)50)38-25-29-48-44(32-38)42-18-7-9-20-46(42)51(48)40-16-11-15-36(30-40)34-12-3-2-4-13-34/h2-4,6-13,15-22,24-32H,1,5,14,23H2/b26-22-,39-27+. The van der Waals surface area contributed by atoms with Gasteiger partial charge in [0, 0.05) is 32.9 Å². The summed E-state index contributed by atoms with van der Waals surface area (Å²) in [5.74, 6) is 1.58. The molecular formula is C49H36N2O. The lowest BCUT2D eigenvalue weighted by Gasteiger charge is -2.15. The summed E-state index contributed by atoms with van der Waals surface area (Å²) in [4.78, 5) is 0. The summed E-state index contributed by atoms with van der Waals surface area (Å²) in [5, 5.41) is 4.96. The highest BCUT2D eigenvalue weighted by molar-refractivity contribution is 6.13. The largest absolute Gasteiger partial charge is 0.458 e. The second kappa shape index (κ2) is 12.3. The van der Waals surface area contributed by atoms with Gasteiger partial charge < -0.3 is 13.9 Å². The van der Waals surface area contributed by atoms with Crippen molar-refractivity contribution in [3.8, 4) is 27.9 Å². The van der Waals surface area contributed by atoms with Crippen LogP contribution in [0.4, 0.5) is 0 Å². The molecule has 0 unspecified atom stereocenters. The fourth-order valence-electron chi connectivity index (χ4n) is 8.13. The second-order valence-electron chi connectivity index (χ2n) is 13.7. The van der Waals surface area contributed by atoms with E-state index >= 15 is 0 Å². The van der Waals surface area contributed by atoms with Crippen molar-refractivity contribution in [2.75, 3.05) is 0 Å². The highest BCUT2D eigenvalue weighted by atomic mass is 16.5. The molecule has 0 amide bonds. The van der Waals surface area contributed by atoms with Crippen LogP contribution in [0.15, 0.2) is 194 Å². The third-order valence-electron chi connectivity index (χ3n) is 10.6. The number of ether oxygens (including phenoxy) is 1. The molecule has 2 aromatic heterocycles. The first-order valence-electron chi connectivity index (χ1n) is 18.1. The molecule has 3 heterocycles. The monoisotopic (exact) mass is 668 g/mol. The topological polar surface area (TPSA) is 19.1 Å². The first-order chi connectivity index (χ1) is 25.7. The van der Waals surface area contributed by atoms with E-state index in [0.717, 1.165) is 36.4 Å². The van der Waals surface area contributed by atoms with Crippen LogP contribution in [0.5, 0.6) is 0 Å². The Morgan fingerprint density at radius 2 is 1.12 bits per heavy atom. The van der Waals surface area contributed by atoms with E-state index in [9.17, 15) is 0 Å². The van der Waals surface area contributed by atoms with Gasteiger partial charge in [0.1, 0.15) is 11.5 Å². The van der Waals surface area contributed by atoms with Gasteiger partial charge in [-0.05, 0) is 114 Å². The first kappa shape index (κ1) is 30.3. The summed E-state index contributed by atoms with van der Waals surface area (Å²) >= 11 is 0. The van der Waals surface area contributed by atoms with E-state index in [1.165, 1.54) is 71.4 Å². The first-order valence-corrected chi connectivity index (χ1v) is 18.1. The Bertz CT molecular complexity index is 2850. The molecule has 0 fully saturated rings. The minimum atomic E-state index is 0.649. The zero-order chi connectivity index (χ0) is 34.6. The third-order valence-corrected chi connectivity index (χ3v) is 10.6. The zero-order valence-electron chi connectivity index (χ0n) is 28.8. The van der Waals surface area contributed by atoms with E-state index in [-0.39, 0.29) is 0 Å². The molecule has 3 heteroatoms. The minimum Gasteiger partial charge on any atom is -0.458 e. The van der Waals surface area contributed by atoms with Gasteiger partial charge in [-0.25, -0.2) is 0 Å². The number of aromatic nitrogens is 2. The Labute approximate surface area is 303 Å². The van der Waals surface area contributed by atoms with Crippen molar-refractivity contribution in [2.45, 2.75) is 19.3 Å². The molecule has 1 aliphatic heterocycles. The van der Waals surface area contributed by atoms with Gasteiger partial charge >= 0.3 is 0 Å². The van der Waals surface area contributed by atoms with Gasteiger partial charge in [0.25, 0.3) is 0 Å². The van der Waals surface area contributed by atoms with Crippen LogP contribution in [0.2, 0.25) is 0 Å². The molecule has 0 saturated carbocycles. The van der Waals surface area contributed by atoms with Crippen LogP contribution < -0.4 is 0 Å². The fourth-order valence-corrected chi connectivity index (χ4v) is 8.13. The van der Waals surface area contributed by atoms with Crippen LogP contribution in [0.25, 0.3) is 77.2 Å². The molecule has 0 radical (unpaired) electrons. The molecule has 248 valence electrons. The molecule has 2 aliphatic rings. The molecule has 0 spiro atoms. The van der Waals surface area contributed by atoms with Crippen LogP contribution in [0, 0.1) is 0 Å². The Balaban J connectivity index is 1.11. The Morgan fingerprint density at radius 3 is 1.87 bits per heavy atom. The number of rotatable bonds is 4. The highest BCUT2D eigenvalue weighted by Gasteiger charge is 2.18. The van der Waals surface area contributed by atoms with E-state index in [1.54, 1.807) is 0 Å². The predicted molar refractivity (Wildman–Crippen MR) is 218 cm³/mol. The zero-order valence-corrected chi connectivity index (χ0v) is 28.8. The molecule has 3 nitrogen and oxygen atoms in total. The van der Waals surface area contributed by atoms with Gasteiger partial charge in [-0.1, -0.05) is 110 Å². The maximum absolute atomic E-state index is 6.16. The molecule has 1 aliphatic carbocycles. The maximum Gasteiger partial charge on any atom is 0.126 e. The highest BCUT2D eigenvalue weighted by Crippen LogP contribution is 2.39. The van der Waals surface area contributed by atoms with E-state index in [2.05, 4.69) is 180 Å². The number of hydrogen-bond acceptors (Lipinski definition) is 1. The van der Waals surface area contributed by atoms with Crippen molar-refractivity contribution in [3.05, 3.63) is 194 Å². The van der Waals surface area contributed by atoms with Crippen LogP contribution >= 0.6 is 0 Å². The van der Waals surface area contributed by atoms with Crippen molar-refractivity contribution < 1.29 is 4.74 Å². The summed E-state index contributed by atoms with van der Waals surface area (Å²) in [6, 6.07) is 50.8. The maximum atomic E-state index is 6.16. The molecule has 0 N–H and O–H groups in total. The summed E-state index contributed by atoms with van der Waals surface area (Å²) < 4.78 is 10.9. The quantitative estimate of drug-likeness (QED) is 0.183. The summed E-state index contributed by atoms with van der Waals surface area (Å²) in [5.41, 5.74) is 13.2. The van der Waals surface area contributed by atoms with Gasteiger partial charge in [-0.15, -0.1) is 0 Å². The van der Waals surface area contributed by atoms with Crippen LogP contribution in [-0.2, 0) is 4.74 Å². The van der Waals surface area contributed by atoms with Crippen LogP contribution in [0.1, 0.15) is 19.3 Å². The number of para-hydroxylation sites is 2. The molecule has 6 aromatic carbocycles.